The van der Waals surface area contributed by atoms with E-state index < -0.39 is 26.6 Å². The second kappa shape index (κ2) is 5.96. The summed E-state index contributed by atoms with van der Waals surface area (Å²) < 4.78 is 47.3. The van der Waals surface area contributed by atoms with E-state index in [0.29, 0.717) is 0 Å². The molecule has 1 aromatic carbocycles. The van der Waals surface area contributed by atoms with Gasteiger partial charge in [0, 0.05) is 5.92 Å². The van der Waals surface area contributed by atoms with Crippen molar-refractivity contribution in [3.8, 4) is 0 Å². The summed E-state index contributed by atoms with van der Waals surface area (Å²) in [4.78, 5) is -0.403. The molecule has 6 heteroatoms. The van der Waals surface area contributed by atoms with Gasteiger partial charge in [0.15, 0.2) is 0 Å². The third kappa shape index (κ3) is 3.51. The van der Waals surface area contributed by atoms with Crippen LogP contribution in [0.25, 0.3) is 0 Å². The molecule has 2 atom stereocenters. The Labute approximate surface area is 112 Å². The van der Waals surface area contributed by atoms with E-state index in [2.05, 4.69) is 0 Å². The van der Waals surface area contributed by atoms with Crippen molar-refractivity contribution >= 4 is 9.84 Å². The third-order valence-corrected chi connectivity index (χ3v) is 4.46. The van der Waals surface area contributed by atoms with Crippen molar-refractivity contribution in [2.24, 2.45) is 5.92 Å². The van der Waals surface area contributed by atoms with E-state index in [1.165, 1.54) is 12.1 Å². The number of aliphatic hydroxyl groups excluding tert-OH is 1. The minimum absolute atomic E-state index is 0.151. The maximum absolute atomic E-state index is 12.4. The highest BCUT2D eigenvalue weighted by Gasteiger charge is 2.27. The largest absolute Gasteiger partial charge is 0.393 e. The summed E-state index contributed by atoms with van der Waals surface area (Å²) in [5.74, 6) is -3.43. The lowest BCUT2D eigenvalue weighted by Gasteiger charge is -2.24. The standard InChI is InChI=1S/C13H18F2O3S/c1-8(2)12(9(3)16)10-4-6-11(7-5-10)19(17,18)13(14)15/h4-9,12-13,16H,1-3H3. The molecule has 2 unspecified atom stereocenters. The Balaban J connectivity index is 3.12. The second-order valence-electron chi connectivity index (χ2n) is 4.89. The molecule has 0 saturated carbocycles. The van der Waals surface area contributed by atoms with Crippen LogP contribution >= 0.6 is 0 Å². The van der Waals surface area contributed by atoms with E-state index in [1.807, 2.05) is 13.8 Å². The molecule has 1 rings (SSSR count). The van der Waals surface area contributed by atoms with E-state index >= 15 is 0 Å². The van der Waals surface area contributed by atoms with Crippen LogP contribution in [0.2, 0.25) is 0 Å². The SMILES string of the molecule is CC(C)C(c1ccc(S(=O)(=O)C(F)F)cc1)C(C)O. The molecule has 0 fully saturated rings. The fourth-order valence-electron chi connectivity index (χ4n) is 2.20. The van der Waals surface area contributed by atoms with Crippen LogP contribution in [0.4, 0.5) is 8.78 Å². The molecule has 1 N–H and O–H groups in total. The monoisotopic (exact) mass is 292 g/mol. The molecular weight excluding hydrogens is 274 g/mol. The minimum atomic E-state index is -4.56. The van der Waals surface area contributed by atoms with E-state index in [4.69, 9.17) is 0 Å². The van der Waals surface area contributed by atoms with Crippen LogP contribution in [-0.4, -0.2) is 25.4 Å². The summed E-state index contributed by atoms with van der Waals surface area (Å²) in [5.41, 5.74) is 0.734. The molecule has 0 spiro atoms. The van der Waals surface area contributed by atoms with Crippen molar-refractivity contribution < 1.29 is 22.3 Å². The van der Waals surface area contributed by atoms with Gasteiger partial charge in [0.1, 0.15) is 0 Å². The Bertz CT molecular complexity index is 499. The van der Waals surface area contributed by atoms with Crippen molar-refractivity contribution in [3.05, 3.63) is 29.8 Å². The number of alkyl halides is 2. The summed E-state index contributed by atoms with van der Waals surface area (Å²) in [6.45, 7) is 5.51. The van der Waals surface area contributed by atoms with Crippen LogP contribution in [0, 0.1) is 5.92 Å². The first-order valence-corrected chi connectivity index (χ1v) is 7.52. The van der Waals surface area contributed by atoms with E-state index in [0.717, 1.165) is 17.7 Å². The maximum atomic E-state index is 12.4. The minimum Gasteiger partial charge on any atom is -0.393 e. The topological polar surface area (TPSA) is 54.4 Å². The molecule has 0 amide bonds. The fourth-order valence-corrected chi connectivity index (χ4v) is 2.92. The first-order valence-electron chi connectivity index (χ1n) is 5.98. The highest BCUT2D eigenvalue weighted by atomic mass is 32.2. The number of aliphatic hydroxyl groups is 1. The Morgan fingerprint density at radius 2 is 1.53 bits per heavy atom. The normalized spacial score (nSPS) is 15.8. The van der Waals surface area contributed by atoms with Gasteiger partial charge in [0.25, 0.3) is 0 Å². The predicted octanol–water partition coefficient (Wildman–Crippen LogP) is 2.80. The highest BCUT2D eigenvalue weighted by molar-refractivity contribution is 7.91. The Morgan fingerprint density at radius 3 is 1.84 bits per heavy atom. The number of hydrogen-bond donors (Lipinski definition) is 1. The first kappa shape index (κ1) is 16.0. The van der Waals surface area contributed by atoms with Crippen LogP contribution in [0.3, 0.4) is 0 Å². The third-order valence-electron chi connectivity index (χ3n) is 3.07. The lowest BCUT2D eigenvalue weighted by atomic mass is 9.85. The zero-order valence-electron chi connectivity index (χ0n) is 11.0. The molecule has 0 bridgehead atoms. The maximum Gasteiger partial charge on any atom is 0.341 e. The van der Waals surface area contributed by atoms with Crippen LogP contribution in [0.5, 0.6) is 0 Å². The molecule has 0 aliphatic heterocycles. The molecule has 108 valence electrons. The zero-order valence-corrected chi connectivity index (χ0v) is 11.9. The van der Waals surface area contributed by atoms with Gasteiger partial charge in [-0.15, -0.1) is 0 Å². The number of halogens is 2. The second-order valence-corrected chi connectivity index (χ2v) is 6.80. The fraction of sp³-hybridized carbons (Fsp3) is 0.538. The summed E-state index contributed by atoms with van der Waals surface area (Å²) in [7, 11) is -4.56. The van der Waals surface area contributed by atoms with Gasteiger partial charge >= 0.3 is 5.76 Å². The van der Waals surface area contributed by atoms with Crippen molar-refractivity contribution in [2.75, 3.05) is 0 Å². The number of sulfone groups is 1. The first-order chi connectivity index (χ1) is 8.67. The number of benzene rings is 1. The number of rotatable bonds is 5. The summed E-state index contributed by atoms with van der Waals surface area (Å²) in [6, 6.07) is 5.28. The van der Waals surface area contributed by atoms with Gasteiger partial charge in [0.2, 0.25) is 9.84 Å². The van der Waals surface area contributed by atoms with Crippen molar-refractivity contribution in [1.29, 1.82) is 0 Å². The molecule has 0 aliphatic rings. The van der Waals surface area contributed by atoms with E-state index in [9.17, 15) is 22.3 Å². The molecule has 3 nitrogen and oxygen atoms in total. The molecule has 0 aliphatic carbocycles. The van der Waals surface area contributed by atoms with Crippen LogP contribution in [-0.2, 0) is 9.84 Å². The molecule has 0 aromatic heterocycles. The Hall–Kier alpha value is -1.01. The van der Waals surface area contributed by atoms with Crippen LogP contribution in [0.1, 0.15) is 32.3 Å². The average Bonchev–Trinajstić information content (AvgIpc) is 2.28. The molecular formula is C13H18F2O3S. The lowest BCUT2D eigenvalue weighted by Crippen LogP contribution is -2.20. The average molecular weight is 292 g/mol. The van der Waals surface area contributed by atoms with Crippen molar-refractivity contribution in [3.63, 3.8) is 0 Å². The zero-order chi connectivity index (χ0) is 14.8. The molecule has 0 heterocycles. The van der Waals surface area contributed by atoms with Gasteiger partial charge in [-0.1, -0.05) is 26.0 Å². The van der Waals surface area contributed by atoms with Gasteiger partial charge in [-0.05, 0) is 30.5 Å². The molecule has 1 aromatic rings. The van der Waals surface area contributed by atoms with Gasteiger partial charge in [-0.2, -0.15) is 8.78 Å². The Morgan fingerprint density at radius 1 is 1.05 bits per heavy atom. The van der Waals surface area contributed by atoms with Crippen molar-refractivity contribution in [2.45, 2.75) is 43.4 Å². The number of hydrogen-bond acceptors (Lipinski definition) is 3. The molecule has 19 heavy (non-hydrogen) atoms. The Kier molecular flexibility index (Phi) is 5.04. The quantitative estimate of drug-likeness (QED) is 0.908. The smallest absolute Gasteiger partial charge is 0.341 e. The van der Waals surface area contributed by atoms with Crippen LogP contribution < -0.4 is 0 Å². The van der Waals surface area contributed by atoms with Gasteiger partial charge < -0.3 is 5.11 Å². The molecule has 0 radical (unpaired) electrons. The molecule has 0 saturated heterocycles. The summed E-state index contributed by atoms with van der Waals surface area (Å²) >= 11 is 0. The summed E-state index contributed by atoms with van der Waals surface area (Å²) in [6.07, 6.45) is -0.599. The van der Waals surface area contributed by atoms with Gasteiger partial charge in [0.05, 0.1) is 11.0 Å². The predicted molar refractivity (Wildman–Crippen MR) is 68.9 cm³/mol. The van der Waals surface area contributed by atoms with E-state index in [1.54, 1.807) is 6.92 Å². The highest BCUT2D eigenvalue weighted by Crippen LogP contribution is 2.29. The van der Waals surface area contributed by atoms with Crippen molar-refractivity contribution in [1.82, 2.24) is 0 Å². The summed E-state index contributed by atoms with van der Waals surface area (Å²) in [5, 5.41) is 9.72. The van der Waals surface area contributed by atoms with E-state index in [-0.39, 0.29) is 11.8 Å². The van der Waals surface area contributed by atoms with Gasteiger partial charge in [-0.25, -0.2) is 8.42 Å². The van der Waals surface area contributed by atoms with Gasteiger partial charge in [-0.3, -0.25) is 0 Å². The lowest BCUT2D eigenvalue weighted by molar-refractivity contribution is 0.140. The van der Waals surface area contributed by atoms with Crippen LogP contribution in [0.15, 0.2) is 29.2 Å².